The summed E-state index contributed by atoms with van der Waals surface area (Å²) in [5, 5.41) is 8.63. The Morgan fingerprint density at radius 1 is 0.956 bits per heavy atom. The van der Waals surface area contributed by atoms with E-state index in [-0.39, 0.29) is 31.2 Å². The lowest BCUT2D eigenvalue weighted by Crippen LogP contribution is -2.39. The number of halogens is 6. The van der Waals surface area contributed by atoms with Gasteiger partial charge in [0.25, 0.3) is 0 Å². The summed E-state index contributed by atoms with van der Waals surface area (Å²) in [7, 11) is 1.78. The topological polar surface area (TPSA) is 70.2 Å². The molecular weight excluding hydrogens is 596 g/mol. The predicted molar refractivity (Wildman–Crippen MR) is 174 cm³/mol. The van der Waals surface area contributed by atoms with Crippen LogP contribution in [0.4, 0.5) is 26.3 Å². The van der Waals surface area contributed by atoms with Crippen molar-refractivity contribution in [3.05, 3.63) is 79.1 Å². The lowest BCUT2D eigenvalue weighted by Gasteiger charge is -2.21. The highest BCUT2D eigenvalue weighted by molar-refractivity contribution is 5.80. The van der Waals surface area contributed by atoms with Crippen LogP contribution in [0, 0.1) is 5.92 Å². The van der Waals surface area contributed by atoms with Crippen LogP contribution >= 0.6 is 0 Å². The van der Waals surface area contributed by atoms with Gasteiger partial charge >= 0.3 is 12.4 Å². The Morgan fingerprint density at radius 3 is 1.93 bits per heavy atom. The van der Waals surface area contributed by atoms with Crippen molar-refractivity contribution in [2.45, 2.75) is 98.5 Å². The predicted octanol–water partition coefficient (Wildman–Crippen LogP) is 9.31. The minimum absolute atomic E-state index is 0.0217. The molecule has 0 heterocycles. The third-order valence-electron chi connectivity index (χ3n) is 5.75. The molecule has 0 aliphatic rings. The average Bonchev–Trinajstić information content (AvgIpc) is 2.99. The van der Waals surface area contributed by atoms with Gasteiger partial charge in [0.2, 0.25) is 11.8 Å². The quantitative estimate of drug-likeness (QED) is 0.139. The first-order valence-electron chi connectivity index (χ1n) is 14.9. The molecule has 0 aliphatic carbocycles. The van der Waals surface area contributed by atoms with Gasteiger partial charge in [0.1, 0.15) is 0 Å². The van der Waals surface area contributed by atoms with E-state index < -0.39 is 30.4 Å². The minimum atomic E-state index is -4.27. The van der Waals surface area contributed by atoms with Gasteiger partial charge in [-0.3, -0.25) is 9.59 Å². The van der Waals surface area contributed by atoms with Crippen molar-refractivity contribution in [1.82, 2.24) is 16.0 Å². The average molecular weight is 650 g/mol. The van der Waals surface area contributed by atoms with Gasteiger partial charge in [-0.1, -0.05) is 83.2 Å². The molecule has 0 aromatic heterocycles. The zero-order valence-corrected chi connectivity index (χ0v) is 27.9. The molecule has 0 bridgehead atoms. The van der Waals surface area contributed by atoms with Crippen molar-refractivity contribution >= 4 is 17.4 Å². The molecule has 5 nitrogen and oxygen atoms in total. The van der Waals surface area contributed by atoms with E-state index in [1.807, 2.05) is 64.2 Å². The van der Waals surface area contributed by atoms with E-state index in [9.17, 15) is 35.9 Å². The number of amides is 2. The SMILES string of the molecule is C=C.C=C(CC)C(F)(F)F.CC.CN/C=C(/CC(CC(=O)NC/C(C)=C/CC(F)(F)F)NC(=O)CCC(C)C)c1ccccc1. The maximum atomic E-state index is 12.5. The maximum absolute atomic E-state index is 12.5. The number of carbonyl (C=O) groups excluding carboxylic acids is 2. The lowest BCUT2D eigenvalue weighted by molar-refractivity contribution is -0.125. The number of alkyl halides is 6. The van der Waals surface area contributed by atoms with Gasteiger partial charge in [0, 0.05) is 44.2 Å². The fourth-order valence-corrected chi connectivity index (χ4v) is 3.34. The second kappa shape index (κ2) is 25.8. The summed E-state index contributed by atoms with van der Waals surface area (Å²) >= 11 is 0. The maximum Gasteiger partial charge on any atom is 0.412 e. The molecule has 0 saturated carbocycles. The highest BCUT2D eigenvalue weighted by Crippen LogP contribution is 2.25. The Kier molecular flexibility index (Phi) is 26.3. The van der Waals surface area contributed by atoms with Gasteiger partial charge in [0.15, 0.2) is 0 Å². The molecule has 1 aromatic rings. The van der Waals surface area contributed by atoms with Gasteiger partial charge in [-0.05, 0) is 43.2 Å². The van der Waals surface area contributed by atoms with Gasteiger partial charge in [0.05, 0.1) is 6.42 Å². The largest absolute Gasteiger partial charge is 0.412 e. The van der Waals surface area contributed by atoms with E-state index in [2.05, 4.69) is 35.7 Å². The van der Waals surface area contributed by atoms with Crippen LogP contribution < -0.4 is 16.0 Å². The lowest BCUT2D eigenvalue weighted by atomic mass is 9.97. The third-order valence-corrected chi connectivity index (χ3v) is 5.75. The molecular formula is C34H53F6N3O2. The van der Waals surface area contributed by atoms with Crippen molar-refractivity contribution in [3.8, 4) is 0 Å². The molecule has 2 amide bonds. The van der Waals surface area contributed by atoms with Crippen molar-refractivity contribution in [2.24, 2.45) is 5.92 Å². The summed E-state index contributed by atoms with van der Waals surface area (Å²) < 4.78 is 71.1. The van der Waals surface area contributed by atoms with Crippen LogP contribution in [0.15, 0.2) is 73.5 Å². The number of hydrogen-bond donors (Lipinski definition) is 3. The smallest absolute Gasteiger partial charge is 0.394 e. The molecule has 1 aromatic carbocycles. The highest BCUT2D eigenvalue weighted by atomic mass is 19.4. The van der Waals surface area contributed by atoms with Gasteiger partial charge in [-0.15, -0.1) is 13.2 Å². The molecule has 1 unspecified atom stereocenters. The van der Waals surface area contributed by atoms with E-state index in [0.717, 1.165) is 23.6 Å². The first-order chi connectivity index (χ1) is 21.0. The summed E-state index contributed by atoms with van der Waals surface area (Å²) in [6.07, 6.45) is -5.06. The van der Waals surface area contributed by atoms with Crippen molar-refractivity contribution < 1.29 is 35.9 Å². The molecule has 3 N–H and O–H groups in total. The van der Waals surface area contributed by atoms with E-state index >= 15 is 0 Å². The van der Waals surface area contributed by atoms with E-state index in [1.165, 1.54) is 6.92 Å². The van der Waals surface area contributed by atoms with Gasteiger partial charge < -0.3 is 16.0 Å². The van der Waals surface area contributed by atoms with Crippen LogP contribution in [0.5, 0.6) is 0 Å². The second-order valence-electron chi connectivity index (χ2n) is 10.0. The molecule has 45 heavy (non-hydrogen) atoms. The van der Waals surface area contributed by atoms with E-state index in [4.69, 9.17) is 0 Å². The molecule has 1 rings (SSSR count). The normalized spacial score (nSPS) is 12.2. The molecule has 258 valence electrons. The molecule has 11 heteroatoms. The summed E-state index contributed by atoms with van der Waals surface area (Å²) in [5.74, 6) is -0.0755. The van der Waals surface area contributed by atoms with Crippen molar-refractivity contribution in [3.63, 3.8) is 0 Å². The highest BCUT2D eigenvalue weighted by Gasteiger charge is 2.29. The Hall–Kier alpha value is -3.50. The fourth-order valence-electron chi connectivity index (χ4n) is 3.34. The Morgan fingerprint density at radius 2 is 1.51 bits per heavy atom. The standard InChI is InChI=1S/C25H36F3N3O2.C5H7F3.C2H6.C2H4/c1-18(2)10-11-23(32)31-22(14-21(17-29-4)20-8-6-5-7-9-20)15-24(33)30-16-19(3)12-13-25(26,27)28;1-3-4(2)5(6,7)8;2*1-2/h5-9,12,17-18,22,29H,10-11,13-16H2,1-4H3,(H,30,33)(H,31,32);2-3H2,1H3;1-2H3;1-2H2/b19-12+,21-17-;;;. The summed E-state index contributed by atoms with van der Waals surface area (Å²) in [6.45, 7) is 19.9. The van der Waals surface area contributed by atoms with Crippen LogP contribution in [0.25, 0.3) is 5.57 Å². The third kappa shape index (κ3) is 26.6. The number of hydrogen-bond acceptors (Lipinski definition) is 3. The van der Waals surface area contributed by atoms with E-state index in [0.29, 0.717) is 24.3 Å². The first-order valence-corrected chi connectivity index (χ1v) is 14.9. The number of benzene rings is 1. The van der Waals surface area contributed by atoms with Gasteiger partial charge in [-0.2, -0.15) is 26.3 Å². The van der Waals surface area contributed by atoms with Crippen molar-refractivity contribution in [1.29, 1.82) is 0 Å². The zero-order valence-electron chi connectivity index (χ0n) is 27.9. The number of carbonyl (C=O) groups is 2. The zero-order chi connectivity index (χ0) is 35.6. The minimum Gasteiger partial charge on any atom is -0.394 e. The molecule has 1 atom stereocenters. The van der Waals surface area contributed by atoms with Crippen LogP contribution in [-0.4, -0.2) is 43.8 Å². The summed E-state index contributed by atoms with van der Waals surface area (Å²) in [6, 6.07) is 9.19. The molecule has 0 aliphatic heterocycles. The molecule has 0 spiro atoms. The Bertz CT molecular complexity index is 1020. The van der Waals surface area contributed by atoms with Crippen LogP contribution in [0.1, 0.15) is 85.6 Å². The van der Waals surface area contributed by atoms with Crippen molar-refractivity contribution in [2.75, 3.05) is 13.6 Å². The number of nitrogens with one attached hydrogen (secondary N) is 3. The summed E-state index contributed by atoms with van der Waals surface area (Å²) in [4.78, 5) is 25.0. The number of allylic oxidation sites excluding steroid dienone is 2. The molecule has 0 radical (unpaired) electrons. The first kappa shape index (κ1) is 45.9. The van der Waals surface area contributed by atoms with Crippen LogP contribution in [0.2, 0.25) is 0 Å². The van der Waals surface area contributed by atoms with Gasteiger partial charge in [-0.25, -0.2) is 0 Å². The Labute approximate surface area is 266 Å². The monoisotopic (exact) mass is 649 g/mol. The Balaban J connectivity index is -0.00000125. The second-order valence-corrected chi connectivity index (χ2v) is 10.0. The fraction of sp³-hybridized carbons (Fsp3) is 0.529. The van der Waals surface area contributed by atoms with Crippen LogP contribution in [-0.2, 0) is 9.59 Å². The van der Waals surface area contributed by atoms with Crippen LogP contribution in [0.3, 0.4) is 0 Å². The summed E-state index contributed by atoms with van der Waals surface area (Å²) in [5.41, 5.74) is 1.66. The molecule has 0 fully saturated rings. The number of rotatable bonds is 14. The molecule has 0 saturated heterocycles. The van der Waals surface area contributed by atoms with E-state index in [1.54, 1.807) is 14.0 Å².